The highest BCUT2D eigenvalue weighted by Crippen LogP contribution is 2.38. The number of ether oxygens (including phenoxy) is 3. The first-order valence-electron chi connectivity index (χ1n) is 17.2. The molecule has 0 spiro atoms. The Hall–Kier alpha value is -5.69. The van der Waals surface area contributed by atoms with Crippen LogP contribution in [0.2, 0.25) is 0 Å². The number of halogens is 3. The fourth-order valence-electron chi connectivity index (χ4n) is 7.95. The summed E-state index contributed by atoms with van der Waals surface area (Å²) in [4.78, 5) is 77.4. The molecule has 2 fully saturated rings. The number of carbonyl (C=O) groups excluding carboxylic acids is 3. The number of carbonyl (C=O) groups is 4. The highest BCUT2D eigenvalue weighted by Gasteiger charge is 2.46. The lowest BCUT2D eigenvalue weighted by molar-refractivity contribution is -0.0599. The molecule has 3 amide bonds. The van der Waals surface area contributed by atoms with E-state index in [0.717, 1.165) is 0 Å². The number of carboxylic acids is 1. The van der Waals surface area contributed by atoms with Crippen LogP contribution in [0.25, 0.3) is 0 Å². The van der Waals surface area contributed by atoms with Crippen molar-refractivity contribution in [2.24, 2.45) is 0 Å². The van der Waals surface area contributed by atoms with Crippen LogP contribution in [0.4, 0.5) is 13.2 Å². The van der Waals surface area contributed by atoms with Crippen molar-refractivity contribution in [2.75, 3.05) is 34.4 Å². The molecule has 3 N–H and O–H groups in total. The molecule has 4 aliphatic rings. The smallest absolute Gasteiger partial charge is 0.341 e. The summed E-state index contributed by atoms with van der Waals surface area (Å²) in [5.41, 5.74) is -3.50. The zero-order valence-corrected chi connectivity index (χ0v) is 30.3. The van der Waals surface area contributed by atoms with Crippen LogP contribution in [0, 0.1) is 17.5 Å². The lowest BCUT2D eigenvalue weighted by Crippen LogP contribution is -2.57. The van der Waals surface area contributed by atoms with Gasteiger partial charge in [0.25, 0.3) is 17.7 Å². The molecule has 19 heteroatoms. The number of rotatable bonds is 5. The van der Waals surface area contributed by atoms with Gasteiger partial charge < -0.3 is 48.7 Å². The fourth-order valence-corrected chi connectivity index (χ4v) is 7.95. The van der Waals surface area contributed by atoms with E-state index in [2.05, 4.69) is 5.32 Å². The zero-order chi connectivity index (χ0) is 40.2. The van der Waals surface area contributed by atoms with Crippen LogP contribution in [0.3, 0.4) is 0 Å². The standard InChI is InChI=1S/C21H20F3N3O5.C15H18N2O6/c1-9-16-15(3-4-32-9)27-8-12(18(28)19(29)17(27)21(31)26(16)2)20(30)25-7-11-13(23)5-10(22)6-14(11)24;1-7-10-9(4-5-23-7)17-6-8(15(20)21)12(18)13(22-3)11(17)14(19)16(10)2/h5-6,8-9,15-16,29H,3-4,7H2,1-2H3,(H,25,30);6-7,9-10H,4-5H2,1-3H3,(H,20,21)/t9-,15?,16?;7-,9?,10?/m00/s1. The lowest BCUT2D eigenvalue weighted by atomic mass is 9.92. The van der Waals surface area contributed by atoms with Crippen molar-refractivity contribution in [2.45, 2.75) is 69.6 Å². The number of hydrogen-bond donors (Lipinski definition) is 3. The number of amides is 3. The number of pyridine rings is 2. The molecule has 55 heavy (non-hydrogen) atoms. The number of nitrogens with zero attached hydrogens (tertiary/aromatic N) is 4. The summed E-state index contributed by atoms with van der Waals surface area (Å²) in [6.45, 7) is 3.90. The summed E-state index contributed by atoms with van der Waals surface area (Å²) in [6, 6.07) is -0.190. The monoisotopic (exact) mass is 773 g/mol. The minimum Gasteiger partial charge on any atom is -0.503 e. The van der Waals surface area contributed by atoms with Gasteiger partial charge in [-0.2, -0.15) is 0 Å². The molecule has 16 nitrogen and oxygen atoms in total. The van der Waals surface area contributed by atoms with Crippen molar-refractivity contribution >= 4 is 23.7 Å². The van der Waals surface area contributed by atoms with Gasteiger partial charge in [0.05, 0.1) is 43.5 Å². The van der Waals surface area contributed by atoms with Gasteiger partial charge in [0.2, 0.25) is 10.9 Å². The highest BCUT2D eigenvalue weighted by molar-refractivity contribution is 5.99. The maximum Gasteiger partial charge on any atom is 0.341 e. The molecule has 1 aromatic carbocycles. The number of methoxy groups -OCH3 is 1. The van der Waals surface area contributed by atoms with E-state index in [9.17, 15) is 52.2 Å². The molecule has 4 aliphatic heterocycles. The predicted molar refractivity (Wildman–Crippen MR) is 184 cm³/mol. The van der Waals surface area contributed by atoms with E-state index < -0.39 is 75.1 Å². The van der Waals surface area contributed by atoms with Crippen LogP contribution in [0.1, 0.15) is 86.0 Å². The zero-order valence-electron chi connectivity index (χ0n) is 30.3. The number of nitrogens with one attached hydrogen (secondary N) is 1. The van der Waals surface area contributed by atoms with Gasteiger partial charge in [-0.3, -0.25) is 24.0 Å². The highest BCUT2D eigenvalue weighted by atomic mass is 19.1. The van der Waals surface area contributed by atoms with Gasteiger partial charge in [0.15, 0.2) is 22.9 Å². The van der Waals surface area contributed by atoms with E-state index in [1.54, 1.807) is 30.5 Å². The van der Waals surface area contributed by atoms with E-state index in [-0.39, 0.29) is 59.4 Å². The molecule has 4 unspecified atom stereocenters. The van der Waals surface area contributed by atoms with Crippen molar-refractivity contribution in [3.8, 4) is 11.5 Å². The molecule has 294 valence electrons. The second-order valence-electron chi connectivity index (χ2n) is 13.7. The molecule has 2 aromatic heterocycles. The van der Waals surface area contributed by atoms with E-state index in [4.69, 9.17) is 14.2 Å². The minimum atomic E-state index is -1.34. The SMILES string of the molecule is COc1c2n(cc(C(=O)O)c1=O)C1CCO[C@@H](C)C1N(C)C2=O.C[C@@H]1OCCC2C1N(C)C(=O)c1c(O)c(=O)c(C(=O)NCc3c(F)cc(F)cc3F)cn12. The van der Waals surface area contributed by atoms with Crippen molar-refractivity contribution in [1.82, 2.24) is 24.3 Å². The summed E-state index contributed by atoms with van der Waals surface area (Å²) in [5.74, 6) is -7.93. The van der Waals surface area contributed by atoms with Crippen molar-refractivity contribution in [3.05, 3.63) is 90.5 Å². The van der Waals surface area contributed by atoms with E-state index in [1.807, 2.05) is 6.92 Å². The second-order valence-corrected chi connectivity index (χ2v) is 13.7. The van der Waals surface area contributed by atoms with E-state index >= 15 is 0 Å². The number of likely N-dealkylation sites (N-methyl/N-ethyl adjacent to an activating group) is 2. The van der Waals surface area contributed by atoms with Crippen molar-refractivity contribution < 1.29 is 56.8 Å². The molecular weight excluding hydrogens is 735 g/mol. The molecule has 7 rings (SSSR count). The van der Waals surface area contributed by atoms with Crippen LogP contribution < -0.4 is 20.9 Å². The van der Waals surface area contributed by atoms with Crippen molar-refractivity contribution in [1.29, 1.82) is 0 Å². The Morgan fingerprint density at radius 2 is 1.33 bits per heavy atom. The number of hydrogen-bond acceptors (Lipinski definition) is 10. The molecule has 6 heterocycles. The summed E-state index contributed by atoms with van der Waals surface area (Å²) in [5, 5.41) is 21.9. The van der Waals surface area contributed by atoms with Crippen LogP contribution >= 0.6 is 0 Å². The van der Waals surface area contributed by atoms with Crippen LogP contribution in [0.15, 0.2) is 34.1 Å². The summed E-state index contributed by atoms with van der Waals surface area (Å²) >= 11 is 0. The number of aromatic hydroxyl groups is 1. The Balaban J connectivity index is 0.000000197. The molecule has 0 aliphatic carbocycles. The first-order chi connectivity index (χ1) is 26.0. The van der Waals surface area contributed by atoms with Gasteiger partial charge >= 0.3 is 5.97 Å². The number of carboxylic acid groups (broad SMARTS) is 1. The number of aromatic nitrogens is 2. The van der Waals surface area contributed by atoms with E-state index in [0.29, 0.717) is 38.2 Å². The molecule has 0 radical (unpaired) electrons. The van der Waals surface area contributed by atoms with Gasteiger partial charge in [0.1, 0.15) is 28.6 Å². The summed E-state index contributed by atoms with van der Waals surface area (Å²) in [7, 11) is 4.46. The van der Waals surface area contributed by atoms with Gasteiger partial charge in [-0.25, -0.2) is 18.0 Å². The summed E-state index contributed by atoms with van der Waals surface area (Å²) in [6.07, 6.45) is 3.00. The third-order valence-electron chi connectivity index (χ3n) is 10.6. The molecule has 2 saturated heterocycles. The average Bonchev–Trinajstić information content (AvgIpc) is 3.13. The van der Waals surface area contributed by atoms with Crippen molar-refractivity contribution in [3.63, 3.8) is 0 Å². The van der Waals surface area contributed by atoms with Crippen LogP contribution in [-0.4, -0.2) is 112 Å². The maximum absolute atomic E-state index is 13.8. The van der Waals surface area contributed by atoms with E-state index in [1.165, 1.54) is 29.0 Å². The average molecular weight is 774 g/mol. The third kappa shape index (κ3) is 6.60. The Morgan fingerprint density at radius 1 is 0.836 bits per heavy atom. The first-order valence-corrected chi connectivity index (χ1v) is 17.2. The largest absolute Gasteiger partial charge is 0.503 e. The molecular formula is C36H38F3N5O11. The Morgan fingerprint density at radius 3 is 1.84 bits per heavy atom. The number of aromatic carboxylic acids is 1. The summed E-state index contributed by atoms with van der Waals surface area (Å²) < 4.78 is 60.1. The lowest BCUT2D eigenvalue weighted by Gasteiger charge is -2.47. The quantitative estimate of drug-likeness (QED) is 0.343. The molecule has 3 aromatic rings. The fraction of sp³-hybridized carbons (Fsp3) is 0.444. The van der Waals surface area contributed by atoms with Crippen LogP contribution in [0.5, 0.6) is 11.5 Å². The second kappa shape index (κ2) is 14.9. The molecule has 6 atom stereocenters. The number of fused-ring (bicyclic) bond motifs is 6. The van der Waals surface area contributed by atoms with Gasteiger partial charge in [0, 0.05) is 63.9 Å². The van der Waals surface area contributed by atoms with Gasteiger partial charge in [-0.15, -0.1) is 0 Å². The Kier molecular flexibility index (Phi) is 10.5. The van der Waals surface area contributed by atoms with Gasteiger partial charge in [-0.1, -0.05) is 0 Å². The topological polar surface area (TPSA) is 199 Å². The Bertz CT molecular complexity index is 2200. The third-order valence-corrected chi connectivity index (χ3v) is 10.6. The predicted octanol–water partition coefficient (Wildman–Crippen LogP) is 2.06. The molecule has 0 bridgehead atoms. The Labute approximate surface area is 310 Å². The minimum absolute atomic E-state index is 0.0975. The molecule has 0 saturated carbocycles. The first kappa shape index (κ1) is 39.0. The normalized spacial score (nSPS) is 24.1. The maximum atomic E-state index is 13.8. The van der Waals surface area contributed by atoms with Crippen LogP contribution in [-0.2, 0) is 16.0 Å². The number of benzene rings is 1. The van der Waals surface area contributed by atoms with Gasteiger partial charge in [-0.05, 0) is 26.7 Å².